The molecule has 4 aromatic heterocycles. The summed E-state index contributed by atoms with van der Waals surface area (Å²) in [4.78, 5) is 13.7. The average Bonchev–Trinajstić information content (AvgIpc) is 3.47. The number of H-pyrrole nitrogens is 2. The van der Waals surface area contributed by atoms with Crippen molar-refractivity contribution in [2.24, 2.45) is 5.41 Å². The van der Waals surface area contributed by atoms with Crippen LogP contribution in [-0.2, 0) is 0 Å². The molecule has 7 rings (SSSR count). The summed E-state index contributed by atoms with van der Waals surface area (Å²) < 4.78 is 47.4. The van der Waals surface area contributed by atoms with Crippen LogP contribution in [0.25, 0.3) is 33.2 Å². The van der Waals surface area contributed by atoms with Gasteiger partial charge in [-0.1, -0.05) is 0 Å². The number of aromatic amines is 2. The van der Waals surface area contributed by atoms with E-state index in [1.807, 2.05) is 35.2 Å². The first-order chi connectivity index (χ1) is 17.8. The monoisotopic (exact) mass is 504 g/mol. The second kappa shape index (κ2) is 7.71. The Bertz CT molecular complexity index is 1630. The van der Waals surface area contributed by atoms with Crippen LogP contribution in [0.5, 0.6) is 5.75 Å². The second-order valence-electron chi connectivity index (χ2n) is 10.3. The third-order valence-electron chi connectivity index (χ3n) is 7.50. The van der Waals surface area contributed by atoms with Crippen LogP contribution in [0.15, 0.2) is 55.0 Å². The number of nitrogens with zero attached hydrogens (tertiary/aromatic N) is 4. The van der Waals surface area contributed by atoms with E-state index in [9.17, 15) is 13.2 Å². The maximum atomic E-state index is 14.6. The van der Waals surface area contributed by atoms with Crippen LogP contribution in [0.2, 0.25) is 0 Å². The molecule has 0 amide bonds. The molecule has 2 fully saturated rings. The number of ether oxygens (including phenoxy) is 1. The Morgan fingerprint density at radius 2 is 1.86 bits per heavy atom. The molecule has 1 aliphatic heterocycles. The fourth-order valence-electron chi connectivity index (χ4n) is 5.87. The summed E-state index contributed by atoms with van der Waals surface area (Å²) in [5.74, 6) is -1.58. The number of benzene rings is 1. The van der Waals surface area contributed by atoms with Crippen LogP contribution in [0.3, 0.4) is 0 Å². The van der Waals surface area contributed by atoms with Crippen molar-refractivity contribution in [2.45, 2.75) is 31.8 Å². The minimum Gasteiger partial charge on any atom is -0.486 e. The van der Waals surface area contributed by atoms with Crippen LogP contribution < -0.4 is 9.64 Å². The van der Waals surface area contributed by atoms with Crippen molar-refractivity contribution in [1.82, 2.24) is 25.1 Å². The minimum atomic E-state index is -2.51. The molecular weight excluding hydrogens is 481 g/mol. The third kappa shape index (κ3) is 3.61. The van der Waals surface area contributed by atoms with Gasteiger partial charge in [0.25, 0.3) is 0 Å². The van der Waals surface area contributed by atoms with Crippen molar-refractivity contribution >= 4 is 27.8 Å². The number of alkyl halides is 2. The molecule has 5 aromatic rings. The van der Waals surface area contributed by atoms with E-state index < -0.39 is 17.8 Å². The maximum absolute atomic E-state index is 14.6. The van der Waals surface area contributed by atoms with Gasteiger partial charge in [-0.05, 0) is 43.3 Å². The summed E-state index contributed by atoms with van der Waals surface area (Å²) in [6.45, 7) is 3.04. The molecular formula is C27H23F3N6O. The van der Waals surface area contributed by atoms with E-state index in [-0.39, 0.29) is 18.3 Å². The molecule has 1 saturated heterocycles. The number of hydrogen-bond acceptors (Lipinski definition) is 5. The molecule has 0 bridgehead atoms. The summed E-state index contributed by atoms with van der Waals surface area (Å²) in [6, 6.07) is 11.2. The first-order valence-corrected chi connectivity index (χ1v) is 12.1. The van der Waals surface area contributed by atoms with Crippen molar-refractivity contribution in [3.8, 4) is 17.0 Å². The summed E-state index contributed by atoms with van der Waals surface area (Å²) >= 11 is 0. The number of fused-ring (bicyclic) bond motifs is 2. The lowest BCUT2D eigenvalue weighted by Gasteiger charge is -2.59. The van der Waals surface area contributed by atoms with E-state index in [0.29, 0.717) is 41.1 Å². The van der Waals surface area contributed by atoms with E-state index in [0.717, 1.165) is 22.3 Å². The fourth-order valence-corrected chi connectivity index (χ4v) is 5.87. The highest BCUT2D eigenvalue weighted by Gasteiger charge is 2.61. The minimum absolute atomic E-state index is 0.0271. The third-order valence-corrected chi connectivity index (χ3v) is 7.50. The fraction of sp³-hybridized carbons (Fsp3) is 0.296. The molecule has 1 saturated carbocycles. The van der Waals surface area contributed by atoms with Gasteiger partial charge < -0.3 is 14.6 Å². The van der Waals surface area contributed by atoms with Gasteiger partial charge in [-0.25, -0.2) is 23.1 Å². The van der Waals surface area contributed by atoms with E-state index in [1.165, 1.54) is 6.20 Å². The maximum Gasteiger partial charge on any atom is 0.249 e. The van der Waals surface area contributed by atoms with E-state index >= 15 is 0 Å². The molecule has 1 spiro atoms. The number of aromatic nitrogens is 5. The first-order valence-electron chi connectivity index (χ1n) is 12.1. The normalized spacial score (nSPS) is 18.6. The smallest absolute Gasteiger partial charge is 0.249 e. The van der Waals surface area contributed by atoms with Gasteiger partial charge in [0.2, 0.25) is 5.92 Å². The van der Waals surface area contributed by atoms with Crippen LogP contribution in [0, 0.1) is 11.2 Å². The largest absolute Gasteiger partial charge is 0.486 e. The molecule has 1 aliphatic carbocycles. The highest BCUT2D eigenvalue weighted by molar-refractivity contribution is 5.93. The predicted molar refractivity (Wildman–Crippen MR) is 133 cm³/mol. The van der Waals surface area contributed by atoms with Gasteiger partial charge in [0.1, 0.15) is 34.8 Å². The van der Waals surface area contributed by atoms with E-state index in [1.54, 1.807) is 25.4 Å². The molecule has 2 aliphatic rings. The molecule has 2 N–H and O–H groups in total. The van der Waals surface area contributed by atoms with Crippen LogP contribution >= 0.6 is 0 Å². The van der Waals surface area contributed by atoms with Crippen molar-refractivity contribution < 1.29 is 17.9 Å². The zero-order valence-electron chi connectivity index (χ0n) is 19.9. The standard InChI is InChI=1S/C27H23F3N6O/c1-15(23-18-6-7-31-25(18)33-10-20(23)28)37-17-3-4-21-19(8-17)24(35-34-21)16-2-5-22(32-9-16)36-13-26(14-36)11-27(29,30)12-26/h2-10,15H,11-14H2,1H3,(H,31,33)(H,34,35)/t15-/m0/s1. The molecule has 1 aromatic carbocycles. The van der Waals surface area contributed by atoms with E-state index in [2.05, 4.69) is 25.1 Å². The lowest BCUT2D eigenvalue weighted by molar-refractivity contribution is -0.170. The molecule has 0 radical (unpaired) electrons. The lowest BCUT2D eigenvalue weighted by atomic mass is 9.61. The molecule has 5 heterocycles. The van der Waals surface area contributed by atoms with Gasteiger partial charge in [-0.15, -0.1) is 0 Å². The number of halogens is 3. The number of rotatable bonds is 5. The van der Waals surface area contributed by atoms with Crippen LogP contribution in [0.4, 0.5) is 19.0 Å². The Balaban J connectivity index is 1.12. The molecule has 0 unspecified atom stereocenters. The van der Waals surface area contributed by atoms with Gasteiger partial charge >= 0.3 is 0 Å². The second-order valence-corrected chi connectivity index (χ2v) is 10.3. The summed E-state index contributed by atoms with van der Waals surface area (Å²) in [7, 11) is 0. The molecule has 10 heteroatoms. The highest BCUT2D eigenvalue weighted by atomic mass is 19.3. The van der Waals surface area contributed by atoms with Crippen molar-refractivity contribution in [3.63, 3.8) is 0 Å². The Morgan fingerprint density at radius 1 is 1.03 bits per heavy atom. The van der Waals surface area contributed by atoms with Crippen molar-refractivity contribution in [1.29, 1.82) is 0 Å². The molecule has 188 valence electrons. The van der Waals surface area contributed by atoms with Crippen molar-refractivity contribution in [3.05, 3.63) is 66.4 Å². The zero-order chi connectivity index (χ0) is 25.4. The quantitative estimate of drug-likeness (QED) is 0.306. The molecule has 37 heavy (non-hydrogen) atoms. The zero-order valence-corrected chi connectivity index (χ0v) is 19.9. The summed E-state index contributed by atoms with van der Waals surface area (Å²) in [5.41, 5.74) is 3.17. The number of hydrogen-bond donors (Lipinski definition) is 2. The van der Waals surface area contributed by atoms with Crippen molar-refractivity contribution in [2.75, 3.05) is 18.0 Å². The number of nitrogens with one attached hydrogen (secondary N) is 2. The van der Waals surface area contributed by atoms with Gasteiger partial charge in [-0.3, -0.25) is 5.10 Å². The number of pyridine rings is 2. The van der Waals surface area contributed by atoms with Crippen LogP contribution in [-0.4, -0.2) is 44.2 Å². The predicted octanol–water partition coefficient (Wildman–Crippen LogP) is 6.02. The van der Waals surface area contributed by atoms with Gasteiger partial charge in [0.05, 0.1) is 11.7 Å². The summed E-state index contributed by atoms with van der Waals surface area (Å²) in [5, 5.41) is 9.04. The van der Waals surface area contributed by atoms with Gasteiger partial charge in [0.15, 0.2) is 0 Å². The average molecular weight is 505 g/mol. The Morgan fingerprint density at radius 3 is 2.62 bits per heavy atom. The van der Waals surface area contributed by atoms with Gasteiger partial charge in [0, 0.05) is 65.6 Å². The molecule has 7 nitrogen and oxygen atoms in total. The Hall–Kier alpha value is -4.08. The SMILES string of the molecule is C[C@H](Oc1ccc2[nH]nc(-c3ccc(N4CC5(C4)CC(F)(F)C5)nc3)c2c1)c1c(F)cnc2[nH]ccc12. The van der Waals surface area contributed by atoms with Gasteiger partial charge in [-0.2, -0.15) is 5.10 Å². The topological polar surface area (TPSA) is 82.7 Å². The lowest BCUT2D eigenvalue weighted by Crippen LogP contribution is -2.66. The Labute approximate surface area is 209 Å². The number of anilines is 1. The Kier molecular flexibility index (Phi) is 4.61. The van der Waals surface area contributed by atoms with Crippen LogP contribution in [0.1, 0.15) is 31.4 Å². The first kappa shape index (κ1) is 22.1. The highest BCUT2D eigenvalue weighted by Crippen LogP contribution is 2.57. The summed E-state index contributed by atoms with van der Waals surface area (Å²) in [6.07, 6.45) is 4.06. The molecule has 1 atom stereocenters. The van der Waals surface area contributed by atoms with E-state index in [4.69, 9.17) is 4.74 Å².